The van der Waals surface area contributed by atoms with Gasteiger partial charge in [0.2, 0.25) is 0 Å². The van der Waals surface area contributed by atoms with Gasteiger partial charge in [0.25, 0.3) is 0 Å². The molecule has 2 aromatic rings. The van der Waals surface area contributed by atoms with Crippen LogP contribution in [0.3, 0.4) is 0 Å². The molecule has 0 atom stereocenters. The Balaban J connectivity index is 0.000000187. The molecule has 0 unspecified atom stereocenters. The highest BCUT2D eigenvalue weighted by atomic mass is 35.5. The van der Waals surface area contributed by atoms with E-state index in [1.807, 2.05) is 11.4 Å². The zero-order valence-electron chi connectivity index (χ0n) is 7.75. The fourth-order valence-electron chi connectivity index (χ4n) is 0.842. The lowest BCUT2D eigenvalue weighted by Gasteiger charge is -1.88. The average molecular weight is 260 g/mol. The molecule has 0 aliphatic heterocycles. The molecule has 84 valence electrons. The van der Waals surface area contributed by atoms with Crippen LogP contribution in [-0.4, -0.2) is 27.1 Å². The Morgan fingerprint density at radius 1 is 1.25 bits per heavy atom. The summed E-state index contributed by atoms with van der Waals surface area (Å²) in [4.78, 5) is 22.3. The van der Waals surface area contributed by atoms with Crippen molar-refractivity contribution in [3.63, 3.8) is 0 Å². The second-order valence-corrected chi connectivity index (χ2v) is 3.86. The molecule has 16 heavy (non-hydrogen) atoms. The minimum absolute atomic E-state index is 0.792. The van der Waals surface area contributed by atoms with E-state index in [1.165, 1.54) is 0 Å². The lowest BCUT2D eigenvalue weighted by atomic mass is 10.4. The number of aromatic nitrogens is 1. The zero-order chi connectivity index (χ0) is 12.1. The van der Waals surface area contributed by atoms with E-state index in [9.17, 15) is 0 Å². The minimum atomic E-state index is -1.82. The summed E-state index contributed by atoms with van der Waals surface area (Å²) >= 11 is 7.49. The van der Waals surface area contributed by atoms with Crippen LogP contribution in [0.4, 0.5) is 0 Å². The van der Waals surface area contributed by atoms with Crippen LogP contribution < -0.4 is 0 Å². The summed E-state index contributed by atoms with van der Waals surface area (Å²) in [6.07, 6.45) is 1.72. The first-order chi connectivity index (χ1) is 7.52. The molecule has 0 saturated heterocycles. The van der Waals surface area contributed by atoms with E-state index in [4.69, 9.17) is 31.4 Å². The van der Waals surface area contributed by atoms with Crippen LogP contribution in [0.5, 0.6) is 0 Å². The highest BCUT2D eigenvalue weighted by Gasteiger charge is 2.04. The van der Waals surface area contributed by atoms with E-state index in [0.717, 1.165) is 15.2 Å². The maximum Gasteiger partial charge on any atom is 0.414 e. The number of halogens is 1. The predicted octanol–water partition coefficient (Wildman–Crippen LogP) is 2.11. The van der Waals surface area contributed by atoms with Gasteiger partial charge in [-0.2, -0.15) is 0 Å². The molecule has 2 rings (SSSR count). The third-order valence-electron chi connectivity index (χ3n) is 1.48. The summed E-state index contributed by atoms with van der Waals surface area (Å²) in [6, 6.07) is 3.77. The van der Waals surface area contributed by atoms with E-state index >= 15 is 0 Å². The standard InChI is InChI=1S/C7H4ClNS.C2H2O4/c8-5-1-3-9-6-2-4-10-7(5)6;3-1(4)2(5)6/h1-4H;(H,3,4)(H,5,6). The fraction of sp³-hybridized carbons (Fsp3) is 0. The topological polar surface area (TPSA) is 87.5 Å². The fourth-order valence-corrected chi connectivity index (χ4v) is 1.88. The van der Waals surface area contributed by atoms with Crippen LogP contribution in [0, 0.1) is 0 Å². The van der Waals surface area contributed by atoms with Crippen LogP contribution in [-0.2, 0) is 9.59 Å². The van der Waals surface area contributed by atoms with Gasteiger partial charge in [-0.3, -0.25) is 4.98 Å². The van der Waals surface area contributed by atoms with Crippen LogP contribution >= 0.6 is 22.9 Å². The Bertz CT molecular complexity index is 513. The van der Waals surface area contributed by atoms with E-state index in [0.29, 0.717) is 0 Å². The molecule has 0 radical (unpaired) electrons. The maximum atomic E-state index is 9.10. The lowest BCUT2D eigenvalue weighted by Crippen LogP contribution is -2.09. The van der Waals surface area contributed by atoms with Crippen LogP contribution in [0.2, 0.25) is 5.02 Å². The molecule has 2 aromatic heterocycles. The van der Waals surface area contributed by atoms with Gasteiger partial charge in [0.1, 0.15) is 0 Å². The second-order valence-electron chi connectivity index (χ2n) is 2.54. The van der Waals surface area contributed by atoms with Gasteiger partial charge in [0, 0.05) is 6.20 Å². The Labute approximate surface area is 98.9 Å². The predicted molar refractivity (Wildman–Crippen MR) is 59.9 cm³/mol. The molecule has 0 aliphatic rings. The van der Waals surface area contributed by atoms with Gasteiger partial charge in [-0.05, 0) is 17.5 Å². The molecule has 0 amide bonds. The lowest BCUT2D eigenvalue weighted by molar-refractivity contribution is -0.159. The Hall–Kier alpha value is -1.66. The molecule has 0 fully saturated rings. The SMILES string of the molecule is Clc1ccnc2ccsc12.O=C(O)C(=O)O. The van der Waals surface area contributed by atoms with Gasteiger partial charge in [0.05, 0.1) is 15.2 Å². The third kappa shape index (κ3) is 3.18. The van der Waals surface area contributed by atoms with Crippen molar-refractivity contribution in [2.24, 2.45) is 0 Å². The summed E-state index contributed by atoms with van der Waals surface area (Å²) in [6.45, 7) is 0. The molecule has 0 saturated carbocycles. The monoisotopic (exact) mass is 259 g/mol. The third-order valence-corrected chi connectivity index (χ3v) is 2.84. The largest absolute Gasteiger partial charge is 0.473 e. The van der Waals surface area contributed by atoms with Crippen molar-refractivity contribution in [3.8, 4) is 0 Å². The van der Waals surface area contributed by atoms with Crippen molar-refractivity contribution in [2.45, 2.75) is 0 Å². The molecular weight excluding hydrogens is 254 g/mol. The number of carboxylic acid groups (broad SMARTS) is 2. The van der Waals surface area contributed by atoms with Crippen LogP contribution in [0.1, 0.15) is 0 Å². The zero-order valence-corrected chi connectivity index (χ0v) is 9.33. The van der Waals surface area contributed by atoms with Crippen LogP contribution in [0.25, 0.3) is 10.2 Å². The molecule has 5 nitrogen and oxygen atoms in total. The first-order valence-electron chi connectivity index (χ1n) is 3.96. The molecular formula is C9H6ClNO4S. The average Bonchev–Trinajstić information content (AvgIpc) is 2.68. The number of thiophene rings is 1. The Morgan fingerprint density at radius 2 is 1.88 bits per heavy atom. The van der Waals surface area contributed by atoms with Gasteiger partial charge in [-0.15, -0.1) is 11.3 Å². The van der Waals surface area contributed by atoms with E-state index in [-0.39, 0.29) is 0 Å². The number of fused-ring (bicyclic) bond motifs is 1. The number of pyridine rings is 1. The number of carboxylic acids is 2. The van der Waals surface area contributed by atoms with E-state index < -0.39 is 11.9 Å². The molecule has 0 aliphatic carbocycles. The number of aliphatic carboxylic acids is 2. The summed E-state index contributed by atoms with van der Waals surface area (Å²) in [7, 11) is 0. The number of nitrogens with zero attached hydrogens (tertiary/aromatic N) is 1. The quantitative estimate of drug-likeness (QED) is 0.708. The second kappa shape index (κ2) is 5.43. The van der Waals surface area contributed by atoms with E-state index in [2.05, 4.69) is 4.98 Å². The molecule has 2 heterocycles. The maximum absolute atomic E-state index is 9.10. The number of hydrogen-bond acceptors (Lipinski definition) is 4. The summed E-state index contributed by atoms with van der Waals surface area (Å²) in [5.74, 6) is -3.65. The smallest absolute Gasteiger partial charge is 0.414 e. The molecule has 7 heteroatoms. The van der Waals surface area contributed by atoms with Crippen LogP contribution in [0.15, 0.2) is 23.7 Å². The van der Waals surface area contributed by atoms with Crippen molar-refractivity contribution in [2.75, 3.05) is 0 Å². The number of carbonyl (C=O) groups is 2. The summed E-state index contributed by atoms with van der Waals surface area (Å²) in [5, 5.41) is 17.6. The Kier molecular flexibility index (Phi) is 4.21. The Morgan fingerprint density at radius 3 is 2.38 bits per heavy atom. The van der Waals surface area contributed by atoms with Gasteiger partial charge in [0.15, 0.2) is 0 Å². The van der Waals surface area contributed by atoms with E-state index in [1.54, 1.807) is 23.6 Å². The first-order valence-corrected chi connectivity index (χ1v) is 5.22. The molecule has 0 bridgehead atoms. The minimum Gasteiger partial charge on any atom is -0.473 e. The summed E-state index contributed by atoms with van der Waals surface area (Å²) in [5.41, 5.74) is 0.984. The van der Waals surface area contributed by atoms with Crippen molar-refractivity contribution in [3.05, 3.63) is 28.7 Å². The number of rotatable bonds is 0. The molecule has 0 spiro atoms. The normalized spacial score (nSPS) is 9.31. The van der Waals surface area contributed by atoms with Gasteiger partial charge < -0.3 is 10.2 Å². The molecule has 2 N–H and O–H groups in total. The van der Waals surface area contributed by atoms with Gasteiger partial charge in [-0.25, -0.2) is 9.59 Å². The van der Waals surface area contributed by atoms with Crippen molar-refractivity contribution in [1.82, 2.24) is 4.98 Å². The highest BCUT2D eigenvalue weighted by Crippen LogP contribution is 2.25. The van der Waals surface area contributed by atoms with Crippen molar-refractivity contribution >= 4 is 45.1 Å². The number of hydrogen-bond donors (Lipinski definition) is 2. The first kappa shape index (κ1) is 12.4. The van der Waals surface area contributed by atoms with Crippen molar-refractivity contribution < 1.29 is 19.8 Å². The highest BCUT2D eigenvalue weighted by molar-refractivity contribution is 7.17. The van der Waals surface area contributed by atoms with Gasteiger partial charge in [-0.1, -0.05) is 11.6 Å². The van der Waals surface area contributed by atoms with Crippen molar-refractivity contribution in [1.29, 1.82) is 0 Å². The van der Waals surface area contributed by atoms with Gasteiger partial charge >= 0.3 is 11.9 Å². The summed E-state index contributed by atoms with van der Waals surface area (Å²) < 4.78 is 1.07. The molecule has 0 aromatic carbocycles.